The molecule has 2 heterocycles. The van der Waals surface area contributed by atoms with Crippen LogP contribution in [0.5, 0.6) is 0 Å². The van der Waals surface area contributed by atoms with E-state index in [9.17, 15) is 4.79 Å². The summed E-state index contributed by atoms with van der Waals surface area (Å²) in [7, 11) is 0. The lowest BCUT2D eigenvalue weighted by Crippen LogP contribution is -2.18. The topological polar surface area (TPSA) is 81.2 Å². The molecule has 3 N–H and O–H groups in total. The molecule has 0 fully saturated rings. The maximum atomic E-state index is 11.3. The molecule has 0 saturated heterocycles. The minimum Gasteiger partial charge on any atom is -0.423 e. The minimum atomic E-state index is 0.0651. The van der Waals surface area contributed by atoms with E-state index >= 15 is 0 Å². The Morgan fingerprint density at radius 1 is 1.39 bits per heavy atom. The number of hydrogen-bond acceptors (Lipinski definition) is 4. The number of oxazole rings is 1. The summed E-state index contributed by atoms with van der Waals surface area (Å²) >= 11 is 0. The Labute approximate surface area is 104 Å². The fourth-order valence-corrected chi connectivity index (χ4v) is 2.21. The predicted octanol–water partition coefficient (Wildman–Crippen LogP) is 2.12. The Morgan fingerprint density at radius 3 is 2.94 bits per heavy atom. The van der Waals surface area contributed by atoms with Crippen LogP contribution in [0.1, 0.15) is 17.7 Å². The molecule has 18 heavy (non-hydrogen) atoms. The number of nitrogen functional groups attached to an aromatic ring is 1. The fraction of sp³-hybridized carbons (Fsp3) is 0.231. The summed E-state index contributed by atoms with van der Waals surface area (Å²) in [6.45, 7) is 1.86. The van der Waals surface area contributed by atoms with E-state index in [1.807, 2.05) is 25.1 Å². The Bertz CT molecular complexity index is 631. The van der Waals surface area contributed by atoms with Crippen LogP contribution < -0.4 is 11.1 Å². The Hall–Kier alpha value is -2.30. The van der Waals surface area contributed by atoms with Crippen molar-refractivity contribution in [2.75, 3.05) is 11.1 Å². The number of nitrogens with one attached hydrogen (secondary N) is 1. The van der Waals surface area contributed by atoms with Crippen LogP contribution in [0.3, 0.4) is 0 Å². The number of nitrogens with two attached hydrogens (primary N) is 1. The molecular formula is C13H13N3O2. The third-order valence-corrected chi connectivity index (χ3v) is 3.08. The average Bonchev–Trinajstić information content (AvgIpc) is 2.68. The van der Waals surface area contributed by atoms with Crippen molar-refractivity contribution in [2.45, 2.75) is 19.8 Å². The van der Waals surface area contributed by atoms with E-state index in [0.717, 1.165) is 28.9 Å². The number of nitrogens with zero attached hydrogens (tertiary/aromatic N) is 1. The summed E-state index contributed by atoms with van der Waals surface area (Å²) in [6.07, 6.45) is 1.27. The molecule has 2 aromatic rings. The van der Waals surface area contributed by atoms with Crippen LogP contribution in [0.4, 0.5) is 11.7 Å². The molecule has 3 rings (SSSR count). The fourth-order valence-electron chi connectivity index (χ4n) is 2.21. The second-order valence-corrected chi connectivity index (χ2v) is 4.39. The lowest BCUT2D eigenvalue weighted by Gasteiger charge is -2.17. The zero-order chi connectivity index (χ0) is 12.7. The summed E-state index contributed by atoms with van der Waals surface area (Å²) in [5.74, 6) is 0.752. The number of fused-ring (bicyclic) bond motifs is 1. The number of rotatable bonds is 1. The van der Waals surface area contributed by atoms with Crippen LogP contribution in [-0.2, 0) is 11.2 Å². The van der Waals surface area contributed by atoms with E-state index in [1.54, 1.807) is 0 Å². The minimum absolute atomic E-state index is 0.0651. The molecule has 0 bridgehead atoms. The molecular weight excluding hydrogens is 230 g/mol. The maximum Gasteiger partial charge on any atom is 0.292 e. The molecule has 1 aliphatic rings. The van der Waals surface area contributed by atoms with Gasteiger partial charge in [0.25, 0.3) is 6.01 Å². The van der Waals surface area contributed by atoms with Crippen molar-refractivity contribution in [3.63, 3.8) is 0 Å². The highest BCUT2D eigenvalue weighted by atomic mass is 16.4. The van der Waals surface area contributed by atoms with E-state index in [0.29, 0.717) is 12.2 Å². The number of hydrogen-bond donors (Lipinski definition) is 2. The lowest BCUT2D eigenvalue weighted by atomic mass is 9.99. The summed E-state index contributed by atoms with van der Waals surface area (Å²) in [5.41, 5.74) is 9.23. The van der Waals surface area contributed by atoms with Crippen LogP contribution in [0.2, 0.25) is 0 Å². The van der Waals surface area contributed by atoms with E-state index in [4.69, 9.17) is 10.2 Å². The number of aromatic nitrogens is 1. The van der Waals surface area contributed by atoms with Crippen molar-refractivity contribution < 1.29 is 9.21 Å². The van der Waals surface area contributed by atoms with Gasteiger partial charge in [-0.3, -0.25) is 4.79 Å². The van der Waals surface area contributed by atoms with Gasteiger partial charge in [-0.05, 0) is 37.1 Å². The SMILES string of the molecule is Cc1nc(N)oc1-c1ccc2c(c1)CCC(=O)N2. The van der Waals surface area contributed by atoms with E-state index in [1.165, 1.54) is 0 Å². The number of carbonyl (C=O) groups is 1. The number of anilines is 2. The molecule has 1 aromatic carbocycles. The van der Waals surface area contributed by atoms with Gasteiger partial charge in [0.15, 0.2) is 5.76 Å². The van der Waals surface area contributed by atoms with Crippen LogP contribution in [0.25, 0.3) is 11.3 Å². The first-order chi connectivity index (χ1) is 8.63. The first kappa shape index (κ1) is 10.8. The van der Waals surface area contributed by atoms with Gasteiger partial charge in [0.2, 0.25) is 5.91 Å². The summed E-state index contributed by atoms with van der Waals surface area (Å²) in [6, 6.07) is 5.98. The predicted molar refractivity (Wildman–Crippen MR) is 68.0 cm³/mol. The molecule has 0 radical (unpaired) electrons. The first-order valence-corrected chi connectivity index (χ1v) is 5.79. The molecule has 0 saturated carbocycles. The highest BCUT2D eigenvalue weighted by molar-refractivity contribution is 5.94. The molecule has 5 heteroatoms. The van der Waals surface area contributed by atoms with Gasteiger partial charge >= 0.3 is 0 Å². The van der Waals surface area contributed by atoms with Crippen molar-refractivity contribution in [1.29, 1.82) is 0 Å². The smallest absolute Gasteiger partial charge is 0.292 e. The Balaban J connectivity index is 2.05. The Kier molecular flexibility index (Phi) is 2.33. The van der Waals surface area contributed by atoms with Crippen LogP contribution >= 0.6 is 0 Å². The highest BCUT2D eigenvalue weighted by Gasteiger charge is 2.17. The number of amides is 1. The van der Waals surface area contributed by atoms with Gasteiger partial charge in [-0.15, -0.1) is 0 Å². The Morgan fingerprint density at radius 2 is 2.22 bits per heavy atom. The van der Waals surface area contributed by atoms with Crippen LogP contribution in [-0.4, -0.2) is 10.9 Å². The van der Waals surface area contributed by atoms with Crippen LogP contribution in [0, 0.1) is 6.92 Å². The summed E-state index contributed by atoms with van der Waals surface area (Å²) in [5, 5.41) is 2.85. The highest BCUT2D eigenvalue weighted by Crippen LogP contribution is 2.31. The largest absolute Gasteiger partial charge is 0.423 e. The zero-order valence-electron chi connectivity index (χ0n) is 9.99. The summed E-state index contributed by atoms with van der Waals surface area (Å²) in [4.78, 5) is 15.3. The second kappa shape index (κ2) is 3.87. The molecule has 5 nitrogen and oxygen atoms in total. The van der Waals surface area contributed by atoms with Gasteiger partial charge in [-0.25, -0.2) is 0 Å². The van der Waals surface area contributed by atoms with Gasteiger partial charge in [-0.1, -0.05) is 0 Å². The van der Waals surface area contributed by atoms with Crippen molar-refractivity contribution in [2.24, 2.45) is 0 Å². The quantitative estimate of drug-likeness (QED) is 0.803. The third-order valence-electron chi connectivity index (χ3n) is 3.08. The molecule has 0 spiro atoms. The molecule has 0 aliphatic carbocycles. The van der Waals surface area contributed by atoms with Gasteiger partial charge in [0.05, 0.1) is 5.69 Å². The van der Waals surface area contributed by atoms with Crippen molar-refractivity contribution in [3.05, 3.63) is 29.5 Å². The van der Waals surface area contributed by atoms with E-state index < -0.39 is 0 Å². The van der Waals surface area contributed by atoms with Crippen LogP contribution in [0.15, 0.2) is 22.6 Å². The lowest BCUT2D eigenvalue weighted by molar-refractivity contribution is -0.116. The second-order valence-electron chi connectivity index (χ2n) is 4.39. The first-order valence-electron chi connectivity index (χ1n) is 5.79. The average molecular weight is 243 g/mol. The third kappa shape index (κ3) is 1.73. The normalized spacial score (nSPS) is 14.2. The van der Waals surface area contributed by atoms with E-state index in [2.05, 4.69) is 10.3 Å². The maximum absolute atomic E-state index is 11.3. The van der Waals surface area contributed by atoms with Crippen molar-refractivity contribution in [3.8, 4) is 11.3 Å². The monoisotopic (exact) mass is 243 g/mol. The molecule has 92 valence electrons. The molecule has 0 unspecified atom stereocenters. The molecule has 0 atom stereocenters. The molecule has 1 amide bonds. The van der Waals surface area contributed by atoms with Gasteiger partial charge < -0.3 is 15.5 Å². The molecule has 1 aliphatic heterocycles. The zero-order valence-corrected chi connectivity index (χ0v) is 9.99. The standard InChI is InChI=1S/C13H13N3O2/c1-7-12(18-13(14)15-7)9-2-4-10-8(6-9)3-5-11(17)16-10/h2,4,6H,3,5H2,1H3,(H2,14,15)(H,16,17). The number of aryl methyl sites for hydroxylation is 2. The van der Waals surface area contributed by atoms with Crippen molar-refractivity contribution in [1.82, 2.24) is 4.98 Å². The van der Waals surface area contributed by atoms with Gasteiger partial charge in [0.1, 0.15) is 0 Å². The van der Waals surface area contributed by atoms with Gasteiger partial charge in [-0.2, -0.15) is 4.98 Å². The number of carbonyl (C=O) groups excluding carboxylic acids is 1. The van der Waals surface area contributed by atoms with Gasteiger partial charge in [0, 0.05) is 17.7 Å². The summed E-state index contributed by atoms with van der Waals surface area (Å²) < 4.78 is 5.39. The van der Waals surface area contributed by atoms with Crippen molar-refractivity contribution >= 4 is 17.6 Å². The number of benzene rings is 1. The van der Waals surface area contributed by atoms with E-state index in [-0.39, 0.29) is 11.9 Å². The molecule has 1 aromatic heterocycles.